The molecule has 19 heavy (non-hydrogen) atoms. The van der Waals surface area contributed by atoms with Gasteiger partial charge in [0.25, 0.3) is 5.91 Å². The second-order valence-corrected chi connectivity index (χ2v) is 4.32. The van der Waals surface area contributed by atoms with Gasteiger partial charge in [-0.25, -0.2) is 4.98 Å². The van der Waals surface area contributed by atoms with Crippen molar-refractivity contribution in [1.29, 1.82) is 0 Å². The van der Waals surface area contributed by atoms with Crippen molar-refractivity contribution < 1.29 is 4.79 Å². The van der Waals surface area contributed by atoms with Gasteiger partial charge in [0.15, 0.2) is 5.82 Å². The second kappa shape index (κ2) is 4.68. The molecule has 0 radical (unpaired) electrons. The molecule has 0 saturated carbocycles. The normalized spacial score (nSPS) is 14.1. The highest BCUT2D eigenvalue weighted by Crippen LogP contribution is 2.17. The van der Waals surface area contributed by atoms with Gasteiger partial charge in [-0.2, -0.15) is 0 Å². The number of carbonyl (C=O) groups is 1. The number of nitrogens with zero attached hydrogens (tertiary/aromatic N) is 5. The zero-order valence-electron chi connectivity index (χ0n) is 10.6. The molecule has 0 unspecified atom stereocenters. The molecule has 0 fully saturated rings. The third-order valence-corrected chi connectivity index (χ3v) is 3.20. The van der Waals surface area contributed by atoms with E-state index in [1.54, 1.807) is 36.6 Å². The van der Waals surface area contributed by atoms with Gasteiger partial charge in [-0.3, -0.25) is 4.79 Å². The number of anilines is 1. The predicted octanol–water partition coefficient (Wildman–Crippen LogP) is 0.371. The van der Waals surface area contributed by atoms with E-state index in [9.17, 15) is 4.79 Å². The number of hydrogen-bond donors (Lipinski definition) is 1. The average molecular weight is 258 g/mol. The smallest absolute Gasteiger partial charge is 0.258 e. The molecule has 0 spiro atoms. The number of nitrogens with one attached hydrogen (secondary N) is 1. The SMILES string of the molecule is CNc1ncccc1C(=O)N1CCn2cnnc2C1. The quantitative estimate of drug-likeness (QED) is 0.842. The molecule has 0 saturated heterocycles. The van der Waals surface area contributed by atoms with Crippen molar-refractivity contribution in [2.24, 2.45) is 0 Å². The van der Waals surface area contributed by atoms with E-state index in [4.69, 9.17) is 0 Å². The van der Waals surface area contributed by atoms with Crippen LogP contribution in [0.2, 0.25) is 0 Å². The van der Waals surface area contributed by atoms with E-state index >= 15 is 0 Å². The van der Waals surface area contributed by atoms with Crippen LogP contribution in [0.5, 0.6) is 0 Å². The van der Waals surface area contributed by atoms with Crippen LogP contribution in [0, 0.1) is 0 Å². The molecule has 1 N–H and O–H groups in total. The first kappa shape index (κ1) is 11.6. The van der Waals surface area contributed by atoms with E-state index in [0.717, 1.165) is 12.4 Å². The maximum Gasteiger partial charge on any atom is 0.258 e. The molecule has 0 aliphatic carbocycles. The lowest BCUT2D eigenvalue weighted by Gasteiger charge is -2.27. The van der Waals surface area contributed by atoms with Crippen molar-refractivity contribution in [3.8, 4) is 0 Å². The minimum atomic E-state index is -0.0355. The van der Waals surface area contributed by atoms with E-state index in [1.165, 1.54) is 0 Å². The van der Waals surface area contributed by atoms with Gasteiger partial charge in [0.1, 0.15) is 12.1 Å². The second-order valence-electron chi connectivity index (χ2n) is 4.32. The zero-order valence-corrected chi connectivity index (χ0v) is 10.6. The van der Waals surface area contributed by atoms with Gasteiger partial charge in [0.05, 0.1) is 12.1 Å². The van der Waals surface area contributed by atoms with Crippen LogP contribution in [0.25, 0.3) is 0 Å². The van der Waals surface area contributed by atoms with E-state index in [0.29, 0.717) is 24.5 Å². The summed E-state index contributed by atoms with van der Waals surface area (Å²) >= 11 is 0. The van der Waals surface area contributed by atoms with E-state index in [2.05, 4.69) is 20.5 Å². The van der Waals surface area contributed by atoms with Gasteiger partial charge >= 0.3 is 0 Å². The minimum absolute atomic E-state index is 0.0355. The molecule has 0 aromatic carbocycles. The van der Waals surface area contributed by atoms with Gasteiger partial charge in [-0.15, -0.1) is 10.2 Å². The topological polar surface area (TPSA) is 75.9 Å². The number of amides is 1. The van der Waals surface area contributed by atoms with Crippen LogP contribution in [-0.2, 0) is 13.1 Å². The van der Waals surface area contributed by atoms with Gasteiger partial charge in [-0.05, 0) is 12.1 Å². The molecule has 0 atom stereocenters. The summed E-state index contributed by atoms with van der Waals surface area (Å²) < 4.78 is 1.96. The Morgan fingerprint density at radius 2 is 2.32 bits per heavy atom. The van der Waals surface area contributed by atoms with Crippen molar-refractivity contribution in [2.75, 3.05) is 18.9 Å². The largest absolute Gasteiger partial charge is 0.372 e. The summed E-state index contributed by atoms with van der Waals surface area (Å²) in [6.07, 6.45) is 3.36. The van der Waals surface area contributed by atoms with Crippen molar-refractivity contribution >= 4 is 11.7 Å². The van der Waals surface area contributed by atoms with Crippen LogP contribution >= 0.6 is 0 Å². The molecule has 7 nitrogen and oxygen atoms in total. The summed E-state index contributed by atoms with van der Waals surface area (Å²) in [5, 5.41) is 10.8. The molecule has 7 heteroatoms. The molecule has 2 aromatic heterocycles. The van der Waals surface area contributed by atoms with Gasteiger partial charge < -0.3 is 14.8 Å². The number of fused-ring (bicyclic) bond motifs is 1. The first-order valence-electron chi connectivity index (χ1n) is 6.08. The number of rotatable bonds is 2. The minimum Gasteiger partial charge on any atom is -0.372 e. The maximum atomic E-state index is 12.5. The van der Waals surface area contributed by atoms with E-state index in [1.807, 2.05) is 4.57 Å². The average Bonchev–Trinajstić information content (AvgIpc) is 2.93. The lowest BCUT2D eigenvalue weighted by molar-refractivity contribution is 0.0708. The molecule has 3 rings (SSSR count). The molecular formula is C12H14N6O. The Bertz CT molecular complexity index is 608. The van der Waals surface area contributed by atoms with Crippen LogP contribution in [0.3, 0.4) is 0 Å². The molecule has 0 bridgehead atoms. The Morgan fingerprint density at radius 3 is 3.16 bits per heavy atom. The van der Waals surface area contributed by atoms with E-state index < -0.39 is 0 Å². The van der Waals surface area contributed by atoms with Crippen LogP contribution in [0.4, 0.5) is 5.82 Å². The van der Waals surface area contributed by atoms with Gasteiger partial charge in [0.2, 0.25) is 0 Å². The number of pyridine rings is 1. The summed E-state index contributed by atoms with van der Waals surface area (Å²) in [5.41, 5.74) is 0.581. The highest BCUT2D eigenvalue weighted by Gasteiger charge is 2.24. The van der Waals surface area contributed by atoms with Crippen LogP contribution in [0.1, 0.15) is 16.2 Å². The molecule has 2 aromatic rings. The third-order valence-electron chi connectivity index (χ3n) is 3.20. The molecule has 3 heterocycles. The first-order chi connectivity index (χ1) is 9.29. The van der Waals surface area contributed by atoms with Crippen LogP contribution < -0.4 is 5.32 Å². The van der Waals surface area contributed by atoms with Crippen molar-refractivity contribution in [3.05, 3.63) is 36.0 Å². The fourth-order valence-electron chi connectivity index (χ4n) is 2.19. The third kappa shape index (κ3) is 2.03. The zero-order chi connectivity index (χ0) is 13.2. The Morgan fingerprint density at radius 1 is 1.42 bits per heavy atom. The Balaban J connectivity index is 1.85. The number of carbonyl (C=O) groups excluding carboxylic acids is 1. The monoisotopic (exact) mass is 258 g/mol. The molecule has 1 aliphatic heterocycles. The van der Waals surface area contributed by atoms with Crippen LogP contribution in [-0.4, -0.2) is 44.1 Å². The van der Waals surface area contributed by atoms with Crippen molar-refractivity contribution in [1.82, 2.24) is 24.6 Å². The summed E-state index contributed by atoms with van der Waals surface area (Å²) in [6, 6.07) is 3.54. The molecule has 1 amide bonds. The summed E-state index contributed by atoms with van der Waals surface area (Å²) in [5.74, 6) is 1.38. The highest BCUT2D eigenvalue weighted by molar-refractivity contribution is 5.98. The van der Waals surface area contributed by atoms with Crippen molar-refractivity contribution in [3.63, 3.8) is 0 Å². The molecule has 98 valence electrons. The Kier molecular flexibility index (Phi) is 2.86. The lowest BCUT2D eigenvalue weighted by Crippen LogP contribution is -2.38. The number of aromatic nitrogens is 4. The van der Waals surface area contributed by atoms with Crippen LogP contribution in [0.15, 0.2) is 24.7 Å². The van der Waals surface area contributed by atoms with Crippen molar-refractivity contribution in [2.45, 2.75) is 13.1 Å². The van der Waals surface area contributed by atoms with E-state index in [-0.39, 0.29) is 5.91 Å². The maximum absolute atomic E-state index is 12.5. The van der Waals surface area contributed by atoms with Gasteiger partial charge in [-0.1, -0.05) is 0 Å². The Labute approximate surface area is 110 Å². The number of hydrogen-bond acceptors (Lipinski definition) is 5. The first-order valence-corrected chi connectivity index (χ1v) is 6.08. The van der Waals surface area contributed by atoms with Gasteiger partial charge in [0, 0.05) is 26.3 Å². The Hall–Kier alpha value is -2.44. The summed E-state index contributed by atoms with van der Waals surface area (Å²) in [4.78, 5) is 18.4. The predicted molar refractivity (Wildman–Crippen MR) is 68.5 cm³/mol. The lowest BCUT2D eigenvalue weighted by atomic mass is 10.2. The standard InChI is InChI=1S/C12H14N6O/c1-13-11-9(3-2-4-14-11)12(19)17-5-6-18-8-15-16-10(18)7-17/h2-4,8H,5-7H2,1H3,(H,13,14). The molecule has 1 aliphatic rings. The fourth-order valence-corrected chi connectivity index (χ4v) is 2.19. The summed E-state index contributed by atoms with van der Waals surface area (Å²) in [6.45, 7) is 1.86. The highest BCUT2D eigenvalue weighted by atomic mass is 16.2. The molecular weight excluding hydrogens is 244 g/mol. The summed E-state index contributed by atoms with van der Waals surface area (Å²) in [7, 11) is 1.76. The fraction of sp³-hybridized carbons (Fsp3) is 0.333.